The second-order valence-corrected chi connectivity index (χ2v) is 17.0. The van der Waals surface area contributed by atoms with Gasteiger partial charge < -0.3 is 18.6 Å². The fourth-order valence-electron chi connectivity index (χ4n) is 10.2. The van der Waals surface area contributed by atoms with E-state index in [1.807, 2.05) is 0 Å². The molecule has 0 fully saturated rings. The van der Waals surface area contributed by atoms with Gasteiger partial charge in [-0.2, -0.15) is 0 Å². The highest BCUT2D eigenvalue weighted by atomic mass is 15.1. The van der Waals surface area contributed by atoms with Gasteiger partial charge in [0.1, 0.15) is 0 Å². The van der Waals surface area contributed by atoms with E-state index < -0.39 is 0 Å². The number of benzene rings is 10. The topological polar surface area (TPSA) is 18.0 Å². The second-order valence-electron chi connectivity index (χ2n) is 17.0. The molecule has 0 amide bonds. The van der Waals surface area contributed by atoms with Crippen molar-refractivity contribution in [1.29, 1.82) is 0 Å². The molecule has 10 aromatic carbocycles. The molecular formula is C62H42N4. The first kappa shape index (κ1) is 37.7. The van der Waals surface area contributed by atoms with Gasteiger partial charge >= 0.3 is 0 Å². The largest absolute Gasteiger partial charge is 0.316 e. The SMILES string of the molecule is c1ccc(-c2ccc(N(c3ccc(-c4ccccc4)cc3)c3ccc(-n4c5cc6c7ccccc7n(-c7ccccc7)c6cc5c5ccc6c(ccn6-c6ccccc6)c54)cc3)cc2)cc1. The van der Waals surface area contributed by atoms with Gasteiger partial charge in [0.2, 0.25) is 0 Å². The molecule has 0 aliphatic heterocycles. The quantitative estimate of drug-likeness (QED) is 0.149. The Morgan fingerprint density at radius 2 is 0.712 bits per heavy atom. The molecule has 0 aliphatic rings. The predicted molar refractivity (Wildman–Crippen MR) is 278 cm³/mol. The number of fused-ring (bicyclic) bond motifs is 8. The van der Waals surface area contributed by atoms with Gasteiger partial charge in [0.05, 0.1) is 27.6 Å². The summed E-state index contributed by atoms with van der Waals surface area (Å²) in [4.78, 5) is 2.36. The number of hydrogen-bond acceptors (Lipinski definition) is 1. The van der Waals surface area contributed by atoms with Crippen molar-refractivity contribution in [3.63, 3.8) is 0 Å². The molecule has 310 valence electrons. The third kappa shape index (κ3) is 6.15. The maximum atomic E-state index is 2.49. The first-order chi connectivity index (χ1) is 32.7. The molecule has 3 aromatic heterocycles. The fourth-order valence-corrected chi connectivity index (χ4v) is 10.2. The molecule has 0 saturated carbocycles. The van der Waals surface area contributed by atoms with Gasteiger partial charge in [-0.25, -0.2) is 0 Å². The van der Waals surface area contributed by atoms with Crippen LogP contribution in [0.3, 0.4) is 0 Å². The van der Waals surface area contributed by atoms with Crippen LogP contribution in [-0.4, -0.2) is 13.7 Å². The molecule has 13 aromatic rings. The zero-order valence-electron chi connectivity index (χ0n) is 36.0. The lowest BCUT2D eigenvalue weighted by Gasteiger charge is -2.26. The van der Waals surface area contributed by atoms with E-state index in [4.69, 9.17) is 0 Å². The molecule has 13 rings (SSSR count). The van der Waals surface area contributed by atoms with Gasteiger partial charge in [0.25, 0.3) is 0 Å². The summed E-state index contributed by atoms with van der Waals surface area (Å²) in [5.41, 5.74) is 17.4. The molecule has 0 radical (unpaired) electrons. The van der Waals surface area contributed by atoms with E-state index in [2.05, 4.69) is 274 Å². The van der Waals surface area contributed by atoms with Crippen LogP contribution in [0.25, 0.3) is 93.8 Å². The van der Waals surface area contributed by atoms with Gasteiger partial charge in [0.15, 0.2) is 0 Å². The summed E-state index contributed by atoms with van der Waals surface area (Å²) in [5, 5.41) is 6.10. The standard InChI is InChI=1S/C62H42N4/c1-5-15-43(16-6-1)45-25-29-49(30-26-45)64(50-31-27-46(28-32-50)44-17-7-2-8-18-44)51-33-35-52(36-34-51)66-61-41-56-53-23-13-14-24-59(53)65(48-21-11-4-12-22-48)60(56)42-57(61)54-37-38-58-55(62(54)66)39-40-63(58)47-19-9-3-10-20-47/h1-42H. The number of aromatic nitrogens is 3. The Morgan fingerprint density at radius 3 is 1.30 bits per heavy atom. The first-order valence-corrected chi connectivity index (χ1v) is 22.6. The zero-order chi connectivity index (χ0) is 43.6. The Bertz CT molecular complexity index is 3780. The second kappa shape index (κ2) is 15.4. The van der Waals surface area contributed by atoms with Crippen molar-refractivity contribution in [2.45, 2.75) is 0 Å². The molecule has 66 heavy (non-hydrogen) atoms. The molecule has 4 heteroatoms. The summed E-state index contributed by atoms with van der Waals surface area (Å²) in [5.74, 6) is 0. The first-order valence-electron chi connectivity index (χ1n) is 22.6. The van der Waals surface area contributed by atoms with Crippen molar-refractivity contribution >= 4 is 71.6 Å². The molecule has 0 unspecified atom stereocenters. The summed E-state index contributed by atoms with van der Waals surface area (Å²) < 4.78 is 7.21. The van der Waals surface area contributed by atoms with Gasteiger partial charge in [0, 0.05) is 67.3 Å². The van der Waals surface area contributed by atoms with E-state index in [0.29, 0.717) is 0 Å². The van der Waals surface area contributed by atoms with Crippen LogP contribution in [-0.2, 0) is 0 Å². The van der Waals surface area contributed by atoms with Crippen LogP contribution in [0.2, 0.25) is 0 Å². The average molecular weight is 843 g/mol. The number of rotatable bonds is 8. The highest BCUT2D eigenvalue weighted by molar-refractivity contribution is 6.23. The van der Waals surface area contributed by atoms with Crippen LogP contribution in [0, 0.1) is 0 Å². The molecule has 3 heterocycles. The molecule has 4 nitrogen and oxygen atoms in total. The maximum absolute atomic E-state index is 2.49. The lowest BCUT2D eigenvalue weighted by atomic mass is 10.0. The van der Waals surface area contributed by atoms with Gasteiger partial charge in [-0.15, -0.1) is 0 Å². The van der Waals surface area contributed by atoms with E-state index in [1.54, 1.807) is 0 Å². The van der Waals surface area contributed by atoms with Crippen LogP contribution in [0.4, 0.5) is 17.1 Å². The third-order valence-electron chi connectivity index (χ3n) is 13.3. The minimum Gasteiger partial charge on any atom is -0.316 e. The van der Waals surface area contributed by atoms with Crippen LogP contribution in [0.5, 0.6) is 0 Å². The van der Waals surface area contributed by atoms with Crippen LogP contribution < -0.4 is 4.90 Å². The highest BCUT2D eigenvalue weighted by Crippen LogP contribution is 2.43. The molecule has 0 N–H and O–H groups in total. The maximum Gasteiger partial charge on any atom is 0.0635 e. The smallest absolute Gasteiger partial charge is 0.0635 e. The van der Waals surface area contributed by atoms with Gasteiger partial charge in [-0.05, 0) is 125 Å². The van der Waals surface area contributed by atoms with Crippen molar-refractivity contribution in [1.82, 2.24) is 13.7 Å². The van der Waals surface area contributed by atoms with Crippen LogP contribution >= 0.6 is 0 Å². The summed E-state index contributed by atoms with van der Waals surface area (Å²) in [6.45, 7) is 0. The highest BCUT2D eigenvalue weighted by Gasteiger charge is 2.22. The minimum atomic E-state index is 1.08. The molecule has 0 bridgehead atoms. The molecule has 0 spiro atoms. The van der Waals surface area contributed by atoms with Crippen molar-refractivity contribution in [2.24, 2.45) is 0 Å². The Hall–Kier alpha value is -8.86. The van der Waals surface area contributed by atoms with E-state index in [1.165, 1.54) is 76.8 Å². The molecular weight excluding hydrogens is 801 g/mol. The Balaban J connectivity index is 1.02. The third-order valence-corrected chi connectivity index (χ3v) is 13.3. The van der Waals surface area contributed by atoms with E-state index >= 15 is 0 Å². The summed E-state index contributed by atoms with van der Waals surface area (Å²) >= 11 is 0. The molecule has 0 aliphatic carbocycles. The van der Waals surface area contributed by atoms with Crippen LogP contribution in [0.1, 0.15) is 0 Å². The number of hydrogen-bond donors (Lipinski definition) is 0. The summed E-state index contributed by atoms with van der Waals surface area (Å²) in [6, 6.07) is 90.1. The Labute approximate surface area is 382 Å². The predicted octanol–water partition coefficient (Wildman–Crippen LogP) is 16.6. The fraction of sp³-hybridized carbons (Fsp3) is 0. The lowest BCUT2D eigenvalue weighted by Crippen LogP contribution is -2.10. The summed E-state index contributed by atoms with van der Waals surface area (Å²) in [6.07, 6.45) is 2.21. The average Bonchev–Trinajstić information content (AvgIpc) is 4.08. The van der Waals surface area contributed by atoms with E-state index in [9.17, 15) is 0 Å². The number of nitrogens with zero attached hydrogens (tertiary/aromatic N) is 4. The van der Waals surface area contributed by atoms with Crippen molar-refractivity contribution in [3.05, 3.63) is 255 Å². The minimum absolute atomic E-state index is 1.08. The van der Waals surface area contributed by atoms with E-state index in [0.717, 1.165) is 34.1 Å². The zero-order valence-corrected chi connectivity index (χ0v) is 36.0. The lowest BCUT2D eigenvalue weighted by molar-refractivity contribution is 1.13. The molecule has 0 saturated heterocycles. The number of anilines is 3. The Kier molecular flexibility index (Phi) is 8.81. The van der Waals surface area contributed by atoms with Gasteiger partial charge in [-0.1, -0.05) is 146 Å². The Morgan fingerprint density at radius 1 is 0.258 bits per heavy atom. The summed E-state index contributed by atoms with van der Waals surface area (Å²) in [7, 11) is 0. The number of para-hydroxylation sites is 3. The van der Waals surface area contributed by atoms with Crippen molar-refractivity contribution < 1.29 is 0 Å². The van der Waals surface area contributed by atoms with Crippen LogP contribution in [0.15, 0.2) is 255 Å². The van der Waals surface area contributed by atoms with Crippen molar-refractivity contribution in [3.8, 4) is 39.3 Å². The molecule has 0 atom stereocenters. The van der Waals surface area contributed by atoms with Crippen molar-refractivity contribution in [2.75, 3.05) is 4.90 Å². The van der Waals surface area contributed by atoms with Gasteiger partial charge in [-0.3, -0.25) is 0 Å². The monoisotopic (exact) mass is 842 g/mol. The normalized spacial score (nSPS) is 11.6. The van der Waals surface area contributed by atoms with E-state index in [-0.39, 0.29) is 0 Å².